The zero-order valence-electron chi connectivity index (χ0n) is 12.0. The van der Waals surface area contributed by atoms with Gasteiger partial charge in [-0.2, -0.15) is 0 Å². The van der Waals surface area contributed by atoms with Crippen molar-refractivity contribution in [2.45, 2.75) is 66.2 Å². The lowest BCUT2D eigenvalue weighted by Gasteiger charge is -2.33. The highest BCUT2D eigenvalue weighted by molar-refractivity contribution is 4.81. The second-order valence-corrected chi connectivity index (χ2v) is 6.48. The normalized spacial score (nSPS) is 17.2. The number of rotatable bonds is 5. The Hall–Kier alpha value is -0.120. The summed E-state index contributed by atoms with van der Waals surface area (Å²) in [4.78, 5) is 0. The van der Waals surface area contributed by atoms with Crippen molar-refractivity contribution in [1.29, 1.82) is 0 Å². The molecule has 3 heteroatoms. The molecule has 2 N–H and O–H groups in total. The molecule has 16 heavy (non-hydrogen) atoms. The summed E-state index contributed by atoms with van der Waals surface area (Å²) >= 11 is 0. The van der Waals surface area contributed by atoms with E-state index >= 15 is 0 Å². The number of nitrogens with two attached hydrogens (primary N) is 1. The Morgan fingerprint density at radius 1 is 1.00 bits per heavy atom. The van der Waals surface area contributed by atoms with Crippen LogP contribution in [0.15, 0.2) is 0 Å². The molecule has 0 amide bonds. The predicted octanol–water partition coefficient (Wildman–Crippen LogP) is 2.58. The minimum absolute atomic E-state index is 0.0367. The summed E-state index contributed by atoms with van der Waals surface area (Å²) in [7, 11) is 0. The lowest BCUT2D eigenvalue weighted by molar-refractivity contribution is -0.0804. The van der Waals surface area contributed by atoms with E-state index in [0.717, 1.165) is 0 Å². The first-order chi connectivity index (χ1) is 7.04. The van der Waals surface area contributed by atoms with Crippen molar-refractivity contribution in [3.8, 4) is 0 Å². The highest BCUT2D eigenvalue weighted by Crippen LogP contribution is 2.24. The Labute approximate surface area is 101 Å². The van der Waals surface area contributed by atoms with Gasteiger partial charge in [-0.3, -0.25) is 0 Å². The van der Waals surface area contributed by atoms with Crippen LogP contribution in [-0.2, 0) is 9.47 Å². The van der Waals surface area contributed by atoms with Gasteiger partial charge >= 0.3 is 0 Å². The van der Waals surface area contributed by atoms with Gasteiger partial charge in [-0.05, 0) is 33.1 Å². The third kappa shape index (κ3) is 7.20. The predicted molar refractivity (Wildman–Crippen MR) is 68.5 cm³/mol. The van der Waals surface area contributed by atoms with Crippen LogP contribution in [0.4, 0.5) is 0 Å². The van der Waals surface area contributed by atoms with Crippen LogP contribution in [0.5, 0.6) is 0 Å². The van der Waals surface area contributed by atoms with Crippen molar-refractivity contribution in [1.82, 2.24) is 0 Å². The molecule has 2 atom stereocenters. The topological polar surface area (TPSA) is 44.5 Å². The first kappa shape index (κ1) is 15.9. The van der Waals surface area contributed by atoms with Crippen LogP contribution >= 0.6 is 0 Å². The summed E-state index contributed by atoms with van der Waals surface area (Å²) in [6, 6.07) is 0.0367. The standard InChI is InChI=1S/C13H29NO2/c1-10(14)11(12(2,3)4)15-8-9-16-13(5,6)7/h10-11H,8-9,14H2,1-7H3. The fourth-order valence-corrected chi connectivity index (χ4v) is 1.71. The Balaban J connectivity index is 3.97. The first-order valence-electron chi connectivity index (χ1n) is 6.05. The molecular formula is C13H29NO2. The number of ether oxygens (including phenoxy) is 2. The van der Waals surface area contributed by atoms with Gasteiger partial charge in [0.05, 0.1) is 24.9 Å². The highest BCUT2D eigenvalue weighted by atomic mass is 16.5. The molecule has 0 spiro atoms. The van der Waals surface area contributed by atoms with Crippen LogP contribution in [0.2, 0.25) is 0 Å². The minimum Gasteiger partial charge on any atom is -0.374 e. The van der Waals surface area contributed by atoms with Crippen LogP contribution in [-0.4, -0.2) is 31.0 Å². The van der Waals surface area contributed by atoms with E-state index < -0.39 is 0 Å². The van der Waals surface area contributed by atoms with Gasteiger partial charge in [0, 0.05) is 6.04 Å². The quantitative estimate of drug-likeness (QED) is 0.740. The third-order valence-corrected chi connectivity index (χ3v) is 2.25. The second kappa shape index (κ2) is 5.99. The second-order valence-electron chi connectivity index (χ2n) is 6.48. The van der Waals surface area contributed by atoms with Crippen molar-refractivity contribution in [2.24, 2.45) is 11.1 Å². The van der Waals surface area contributed by atoms with Gasteiger partial charge < -0.3 is 15.2 Å². The van der Waals surface area contributed by atoms with E-state index in [-0.39, 0.29) is 23.2 Å². The summed E-state index contributed by atoms with van der Waals surface area (Å²) in [6.07, 6.45) is 0.0658. The fraction of sp³-hybridized carbons (Fsp3) is 1.00. The Kier molecular flexibility index (Phi) is 5.94. The Bertz CT molecular complexity index is 189. The molecule has 0 aliphatic heterocycles. The van der Waals surface area contributed by atoms with E-state index in [1.54, 1.807) is 0 Å². The average Bonchev–Trinajstić information content (AvgIpc) is 1.97. The van der Waals surface area contributed by atoms with E-state index in [1.807, 2.05) is 27.7 Å². The van der Waals surface area contributed by atoms with Crippen LogP contribution in [0.3, 0.4) is 0 Å². The van der Waals surface area contributed by atoms with Gasteiger partial charge in [-0.1, -0.05) is 20.8 Å². The van der Waals surface area contributed by atoms with Crippen molar-refractivity contribution in [3.05, 3.63) is 0 Å². The molecule has 0 saturated heterocycles. The van der Waals surface area contributed by atoms with E-state index in [9.17, 15) is 0 Å². The van der Waals surface area contributed by atoms with Crippen molar-refractivity contribution >= 4 is 0 Å². The molecule has 0 fully saturated rings. The molecule has 0 aromatic rings. The number of hydrogen-bond donors (Lipinski definition) is 1. The highest BCUT2D eigenvalue weighted by Gasteiger charge is 2.28. The Morgan fingerprint density at radius 2 is 1.50 bits per heavy atom. The monoisotopic (exact) mass is 231 g/mol. The summed E-state index contributed by atoms with van der Waals surface area (Å²) in [5.41, 5.74) is 5.89. The molecule has 0 aliphatic rings. The lowest BCUT2D eigenvalue weighted by atomic mass is 9.85. The smallest absolute Gasteiger partial charge is 0.0772 e. The summed E-state index contributed by atoms with van der Waals surface area (Å²) < 4.78 is 11.4. The molecule has 0 rings (SSSR count). The maximum Gasteiger partial charge on any atom is 0.0772 e. The number of hydrogen-bond acceptors (Lipinski definition) is 3. The van der Waals surface area contributed by atoms with Crippen molar-refractivity contribution in [2.75, 3.05) is 13.2 Å². The first-order valence-corrected chi connectivity index (χ1v) is 6.05. The summed E-state index contributed by atoms with van der Waals surface area (Å²) in [5.74, 6) is 0. The summed E-state index contributed by atoms with van der Waals surface area (Å²) in [5, 5.41) is 0. The van der Waals surface area contributed by atoms with Crippen LogP contribution in [0.25, 0.3) is 0 Å². The maximum atomic E-state index is 5.93. The van der Waals surface area contributed by atoms with Gasteiger partial charge in [0.15, 0.2) is 0 Å². The maximum absolute atomic E-state index is 5.93. The molecule has 2 unspecified atom stereocenters. The fourth-order valence-electron chi connectivity index (χ4n) is 1.71. The molecule has 0 aromatic heterocycles. The van der Waals surface area contributed by atoms with E-state index in [1.165, 1.54) is 0 Å². The molecule has 98 valence electrons. The van der Waals surface area contributed by atoms with Crippen LogP contribution in [0.1, 0.15) is 48.5 Å². The third-order valence-electron chi connectivity index (χ3n) is 2.25. The van der Waals surface area contributed by atoms with Crippen molar-refractivity contribution < 1.29 is 9.47 Å². The largest absolute Gasteiger partial charge is 0.374 e. The van der Waals surface area contributed by atoms with Crippen molar-refractivity contribution in [3.63, 3.8) is 0 Å². The van der Waals surface area contributed by atoms with Gasteiger partial charge in [0.25, 0.3) is 0 Å². The molecular weight excluding hydrogens is 202 g/mol. The van der Waals surface area contributed by atoms with Gasteiger partial charge in [-0.15, -0.1) is 0 Å². The van der Waals surface area contributed by atoms with E-state index in [0.29, 0.717) is 13.2 Å². The molecule has 0 radical (unpaired) electrons. The van der Waals surface area contributed by atoms with Gasteiger partial charge in [0.1, 0.15) is 0 Å². The SMILES string of the molecule is CC(N)C(OCCOC(C)(C)C)C(C)(C)C. The van der Waals surface area contributed by atoms with Gasteiger partial charge in [0.2, 0.25) is 0 Å². The van der Waals surface area contributed by atoms with Crippen LogP contribution < -0.4 is 5.73 Å². The Morgan fingerprint density at radius 3 is 1.81 bits per heavy atom. The van der Waals surface area contributed by atoms with E-state index in [2.05, 4.69) is 20.8 Å². The zero-order valence-corrected chi connectivity index (χ0v) is 12.0. The zero-order chi connectivity index (χ0) is 13.0. The molecule has 0 bridgehead atoms. The molecule has 0 aliphatic carbocycles. The molecule has 0 saturated carbocycles. The molecule has 0 aromatic carbocycles. The minimum atomic E-state index is -0.102. The van der Waals surface area contributed by atoms with Gasteiger partial charge in [-0.25, -0.2) is 0 Å². The van der Waals surface area contributed by atoms with Crippen LogP contribution in [0, 0.1) is 5.41 Å². The lowest BCUT2D eigenvalue weighted by Crippen LogP contribution is -2.44. The molecule has 3 nitrogen and oxygen atoms in total. The van der Waals surface area contributed by atoms with E-state index in [4.69, 9.17) is 15.2 Å². The summed E-state index contributed by atoms with van der Waals surface area (Å²) in [6.45, 7) is 15.8. The average molecular weight is 231 g/mol. The molecule has 0 heterocycles.